The zero-order valence-electron chi connectivity index (χ0n) is 18.7. The Labute approximate surface area is 191 Å². The van der Waals surface area contributed by atoms with E-state index in [1.807, 2.05) is 49.7 Å². The lowest BCUT2D eigenvalue weighted by atomic mass is 9.76. The minimum Gasteiger partial charge on any atom is -0.462 e. The number of epoxide rings is 1. The number of thiophene rings is 1. The van der Waals surface area contributed by atoms with Gasteiger partial charge in [0.2, 0.25) is 0 Å². The van der Waals surface area contributed by atoms with Gasteiger partial charge in [0.05, 0.1) is 29.9 Å². The van der Waals surface area contributed by atoms with Gasteiger partial charge in [-0.25, -0.2) is 0 Å². The number of nitrogens with zero attached hydrogens (tertiary/aromatic N) is 1. The third-order valence-corrected chi connectivity index (χ3v) is 8.25. The fourth-order valence-corrected chi connectivity index (χ4v) is 6.55. The van der Waals surface area contributed by atoms with Crippen LogP contribution in [0.5, 0.6) is 0 Å². The predicted octanol–water partition coefficient (Wildman–Crippen LogP) is 1.80. The van der Waals surface area contributed by atoms with E-state index in [-0.39, 0.29) is 48.4 Å². The second kappa shape index (κ2) is 7.81. The second-order valence-electron chi connectivity index (χ2n) is 9.93. The van der Waals surface area contributed by atoms with Crippen molar-refractivity contribution in [2.75, 3.05) is 14.1 Å². The highest BCUT2D eigenvalue weighted by molar-refractivity contribution is 7.08. The van der Waals surface area contributed by atoms with Crippen molar-refractivity contribution in [2.45, 2.75) is 69.2 Å². The number of fused-ring (bicyclic) bond motifs is 5. The zero-order chi connectivity index (χ0) is 22.8. The molecule has 8 nitrogen and oxygen atoms in total. The molecule has 0 spiro atoms. The van der Waals surface area contributed by atoms with Gasteiger partial charge in [-0.3, -0.25) is 14.4 Å². The van der Waals surface area contributed by atoms with Crippen molar-refractivity contribution in [3.05, 3.63) is 22.4 Å². The van der Waals surface area contributed by atoms with Crippen molar-refractivity contribution >= 4 is 29.2 Å². The summed E-state index contributed by atoms with van der Waals surface area (Å²) in [6, 6.07) is 1.50. The summed E-state index contributed by atoms with van der Waals surface area (Å²) in [5.74, 6) is -1.95. The minimum atomic E-state index is -0.636. The molecule has 3 saturated heterocycles. The van der Waals surface area contributed by atoms with E-state index in [1.54, 1.807) is 0 Å². The van der Waals surface area contributed by atoms with E-state index in [1.165, 1.54) is 11.3 Å². The van der Waals surface area contributed by atoms with Crippen LogP contribution in [-0.2, 0) is 39.8 Å². The molecule has 0 amide bonds. The average Bonchev–Trinajstić information content (AvgIpc) is 3.05. The zero-order valence-corrected chi connectivity index (χ0v) is 19.5. The van der Waals surface area contributed by atoms with Crippen LogP contribution in [0.15, 0.2) is 16.8 Å². The number of ether oxygens (including phenoxy) is 4. The van der Waals surface area contributed by atoms with Gasteiger partial charge in [-0.05, 0) is 49.8 Å². The number of carbonyl (C=O) groups is 3. The van der Waals surface area contributed by atoms with E-state index in [4.69, 9.17) is 18.9 Å². The largest absolute Gasteiger partial charge is 0.462 e. The van der Waals surface area contributed by atoms with Crippen LogP contribution < -0.4 is 0 Å². The van der Waals surface area contributed by atoms with Crippen LogP contribution in [0.3, 0.4) is 0 Å². The highest BCUT2D eigenvalue weighted by atomic mass is 32.1. The quantitative estimate of drug-likeness (QED) is 0.379. The first-order valence-electron chi connectivity index (χ1n) is 11.1. The van der Waals surface area contributed by atoms with Gasteiger partial charge in [0.15, 0.2) is 0 Å². The summed E-state index contributed by atoms with van der Waals surface area (Å²) in [5, 5.41) is 3.84. The van der Waals surface area contributed by atoms with Gasteiger partial charge in [0.25, 0.3) is 0 Å². The summed E-state index contributed by atoms with van der Waals surface area (Å²) in [6.07, 6.45) is -0.697. The molecule has 5 rings (SSSR count). The first-order valence-corrected chi connectivity index (χ1v) is 12.1. The molecule has 1 aromatic rings. The lowest BCUT2D eigenvalue weighted by molar-refractivity contribution is -0.158. The normalized spacial score (nSPS) is 42.7. The number of hydrogen-bond acceptors (Lipinski definition) is 9. The van der Waals surface area contributed by atoms with Gasteiger partial charge in [-0.2, -0.15) is 11.3 Å². The number of rotatable bonds is 4. The summed E-state index contributed by atoms with van der Waals surface area (Å²) in [7, 11) is 3.76. The van der Waals surface area contributed by atoms with Crippen LogP contribution >= 0.6 is 11.3 Å². The molecule has 1 saturated carbocycles. The fourth-order valence-electron chi connectivity index (χ4n) is 5.88. The molecule has 4 heterocycles. The molecule has 2 bridgehead atoms. The van der Waals surface area contributed by atoms with Gasteiger partial charge in [-0.1, -0.05) is 6.92 Å². The predicted molar refractivity (Wildman–Crippen MR) is 114 cm³/mol. The van der Waals surface area contributed by atoms with Crippen molar-refractivity contribution < 1.29 is 33.3 Å². The molecular formula is C23H29NO7S. The third-order valence-electron chi connectivity index (χ3n) is 7.52. The molecule has 1 aromatic heterocycles. The summed E-state index contributed by atoms with van der Waals surface area (Å²) in [5.41, 5.74) is 0.296. The molecule has 0 radical (unpaired) electrons. The molecule has 9 heteroatoms. The van der Waals surface area contributed by atoms with Crippen LogP contribution in [0.4, 0.5) is 0 Å². The van der Waals surface area contributed by atoms with E-state index >= 15 is 0 Å². The Hall–Kier alpha value is -1.97. The second-order valence-corrected chi connectivity index (χ2v) is 10.7. The third kappa shape index (κ3) is 3.64. The highest BCUT2D eigenvalue weighted by Crippen LogP contribution is 2.52. The minimum absolute atomic E-state index is 0.168. The molecule has 9 atom stereocenters. The van der Waals surface area contributed by atoms with Crippen molar-refractivity contribution in [1.29, 1.82) is 0 Å². The van der Waals surface area contributed by atoms with Crippen LogP contribution in [0.25, 0.3) is 0 Å². The van der Waals surface area contributed by atoms with Gasteiger partial charge >= 0.3 is 17.9 Å². The van der Waals surface area contributed by atoms with Gasteiger partial charge in [-0.15, -0.1) is 0 Å². The Kier molecular flexibility index (Phi) is 5.34. The van der Waals surface area contributed by atoms with Gasteiger partial charge in [0.1, 0.15) is 24.4 Å². The van der Waals surface area contributed by atoms with Gasteiger partial charge in [0, 0.05) is 12.3 Å². The van der Waals surface area contributed by atoms with E-state index in [2.05, 4.69) is 0 Å². The molecule has 0 aromatic carbocycles. The first kappa shape index (κ1) is 21.9. The Bertz CT molecular complexity index is 917. The topological polar surface area (TPSA) is 94.7 Å². The highest BCUT2D eigenvalue weighted by Gasteiger charge is 2.66. The number of likely N-dealkylation sites (N-methyl/N-ethyl adjacent to an activating group) is 1. The number of esters is 3. The molecule has 1 aliphatic carbocycles. The molecule has 9 unspecified atom stereocenters. The van der Waals surface area contributed by atoms with E-state index in [0.717, 1.165) is 5.56 Å². The number of hydrogen-bond donors (Lipinski definition) is 0. The molecule has 4 fully saturated rings. The lowest BCUT2D eigenvalue weighted by Crippen LogP contribution is -2.52. The summed E-state index contributed by atoms with van der Waals surface area (Å²) in [6.45, 7) is 3.80. The maximum atomic E-state index is 13.0. The molecule has 174 valence electrons. The van der Waals surface area contributed by atoms with Crippen LogP contribution in [0, 0.1) is 17.8 Å². The van der Waals surface area contributed by atoms with Crippen LogP contribution in [0.1, 0.15) is 32.3 Å². The van der Waals surface area contributed by atoms with E-state index in [9.17, 15) is 14.4 Å². The first-order chi connectivity index (χ1) is 15.2. The average molecular weight is 464 g/mol. The Morgan fingerprint density at radius 3 is 2.69 bits per heavy atom. The van der Waals surface area contributed by atoms with Crippen molar-refractivity contribution in [3.8, 4) is 0 Å². The monoisotopic (exact) mass is 463 g/mol. The van der Waals surface area contributed by atoms with Crippen molar-refractivity contribution in [1.82, 2.24) is 4.90 Å². The SMILES string of the molecule is CC1C(=O)OC2CC3(C)OC3C(OC(=O)Cc3ccsc3)C(N(C)C)C3CC(OC3=O)C21. The van der Waals surface area contributed by atoms with E-state index < -0.39 is 29.8 Å². The molecule has 32 heavy (non-hydrogen) atoms. The Balaban J connectivity index is 1.47. The molecule has 0 N–H and O–H groups in total. The maximum Gasteiger partial charge on any atom is 0.311 e. The fraction of sp³-hybridized carbons (Fsp3) is 0.696. The molecule has 4 aliphatic rings. The summed E-state index contributed by atoms with van der Waals surface area (Å²) < 4.78 is 23.7. The smallest absolute Gasteiger partial charge is 0.311 e. The number of carbonyl (C=O) groups excluding carboxylic acids is 3. The maximum absolute atomic E-state index is 13.0. The standard InChI is InChI=1S/C23H29NO7S/c1-11-17-14-8-13(22(27)28-14)18(24(3)4)19(30-16(25)7-12-5-6-32-10-12)20-23(2,31-20)9-15(17)29-21(11)26/h5-6,10-11,13-15,17-20H,7-9H2,1-4H3. The van der Waals surface area contributed by atoms with Crippen LogP contribution in [0.2, 0.25) is 0 Å². The molecule has 3 aliphatic heterocycles. The summed E-state index contributed by atoms with van der Waals surface area (Å²) in [4.78, 5) is 40.2. The Morgan fingerprint density at radius 2 is 2.00 bits per heavy atom. The Morgan fingerprint density at radius 1 is 1.25 bits per heavy atom. The van der Waals surface area contributed by atoms with Crippen molar-refractivity contribution in [2.24, 2.45) is 17.8 Å². The van der Waals surface area contributed by atoms with Crippen LogP contribution in [-0.4, -0.2) is 73.0 Å². The summed E-state index contributed by atoms with van der Waals surface area (Å²) >= 11 is 1.53. The molecular weight excluding hydrogens is 434 g/mol. The lowest BCUT2D eigenvalue weighted by Gasteiger charge is -2.35. The van der Waals surface area contributed by atoms with E-state index in [0.29, 0.717) is 12.8 Å². The van der Waals surface area contributed by atoms with Gasteiger partial charge < -0.3 is 23.8 Å². The van der Waals surface area contributed by atoms with Crippen molar-refractivity contribution in [3.63, 3.8) is 0 Å².